The van der Waals surface area contributed by atoms with Crippen molar-refractivity contribution in [1.29, 1.82) is 0 Å². The standard InChI is InChI=1S/C11H17N3O/c1-9-8-14(7-5-12-9)11(15)10-4-3-6-13(10)2/h3-4,6,9,12H,5,7-8H2,1-2H3. The van der Waals surface area contributed by atoms with Crippen molar-refractivity contribution in [2.45, 2.75) is 13.0 Å². The van der Waals surface area contributed by atoms with Gasteiger partial charge in [0.15, 0.2) is 0 Å². The van der Waals surface area contributed by atoms with E-state index < -0.39 is 0 Å². The molecule has 82 valence electrons. The molecule has 2 rings (SSSR count). The fraction of sp³-hybridized carbons (Fsp3) is 0.545. The third kappa shape index (κ3) is 2.04. The summed E-state index contributed by atoms with van der Waals surface area (Å²) in [5.41, 5.74) is 0.768. The van der Waals surface area contributed by atoms with Gasteiger partial charge in [-0.1, -0.05) is 0 Å². The summed E-state index contributed by atoms with van der Waals surface area (Å²) in [6, 6.07) is 4.16. The summed E-state index contributed by atoms with van der Waals surface area (Å²) in [5.74, 6) is 0.135. The van der Waals surface area contributed by atoms with E-state index >= 15 is 0 Å². The van der Waals surface area contributed by atoms with Crippen LogP contribution in [0.25, 0.3) is 0 Å². The first-order valence-corrected chi connectivity index (χ1v) is 5.32. The number of aromatic nitrogens is 1. The molecular formula is C11H17N3O. The second-order valence-corrected chi connectivity index (χ2v) is 4.11. The van der Waals surface area contributed by atoms with Crippen molar-refractivity contribution in [1.82, 2.24) is 14.8 Å². The zero-order valence-corrected chi connectivity index (χ0v) is 9.23. The molecule has 0 radical (unpaired) electrons. The van der Waals surface area contributed by atoms with E-state index in [0.717, 1.165) is 25.3 Å². The van der Waals surface area contributed by atoms with Crippen LogP contribution in [0.2, 0.25) is 0 Å². The summed E-state index contributed by atoms with van der Waals surface area (Å²) < 4.78 is 1.87. The Morgan fingerprint density at radius 1 is 1.60 bits per heavy atom. The number of hydrogen-bond acceptors (Lipinski definition) is 2. The van der Waals surface area contributed by atoms with E-state index in [4.69, 9.17) is 0 Å². The number of rotatable bonds is 1. The van der Waals surface area contributed by atoms with Crippen molar-refractivity contribution in [3.05, 3.63) is 24.0 Å². The van der Waals surface area contributed by atoms with Gasteiger partial charge in [-0.3, -0.25) is 4.79 Å². The smallest absolute Gasteiger partial charge is 0.270 e. The normalized spacial score (nSPS) is 21.7. The van der Waals surface area contributed by atoms with E-state index in [1.165, 1.54) is 0 Å². The van der Waals surface area contributed by atoms with Gasteiger partial charge in [0.05, 0.1) is 0 Å². The van der Waals surface area contributed by atoms with Crippen LogP contribution in [0.15, 0.2) is 18.3 Å². The van der Waals surface area contributed by atoms with E-state index in [9.17, 15) is 4.79 Å². The van der Waals surface area contributed by atoms with Gasteiger partial charge in [-0.25, -0.2) is 0 Å². The molecule has 1 aliphatic rings. The maximum atomic E-state index is 12.1. The van der Waals surface area contributed by atoms with Gasteiger partial charge in [-0.15, -0.1) is 0 Å². The Labute approximate surface area is 89.9 Å². The highest BCUT2D eigenvalue weighted by molar-refractivity contribution is 5.92. The zero-order valence-electron chi connectivity index (χ0n) is 9.23. The Morgan fingerprint density at radius 2 is 2.40 bits per heavy atom. The highest BCUT2D eigenvalue weighted by Crippen LogP contribution is 2.07. The van der Waals surface area contributed by atoms with E-state index in [0.29, 0.717) is 6.04 Å². The van der Waals surface area contributed by atoms with Crippen molar-refractivity contribution in [2.24, 2.45) is 7.05 Å². The molecule has 4 nitrogen and oxygen atoms in total. The quantitative estimate of drug-likeness (QED) is 0.726. The molecule has 1 fully saturated rings. The molecule has 1 saturated heterocycles. The van der Waals surface area contributed by atoms with Gasteiger partial charge in [0.1, 0.15) is 5.69 Å². The van der Waals surface area contributed by atoms with Crippen LogP contribution < -0.4 is 5.32 Å². The van der Waals surface area contributed by atoms with Gasteiger partial charge in [0.2, 0.25) is 0 Å². The van der Waals surface area contributed by atoms with Gasteiger partial charge in [-0.05, 0) is 19.1 Å². The molecule has 1 amide bonds. The molecule has 4 heteroatoms. The minimum Gasteiger partial charge on any atom is -0.347 e. The topological polar surface area (TPSA) is 37.3 Å². The Kier molecular flexibility index (Phi) is 2.77. The lowest BCUT2D eigenvalue weighted by molar-refractivity contribution is 0.0699. The van der Waals surface area contributed by atoms with Crippen molar-refractivity contribution in [2.75, 3.05) is 19.6 Å². The van der Waals surface area contributed by atoms with Crippen LogP contribution in [-0.2, 0) is 7.05 Å². The predicted molar refractivity (Wildman–Crippen MR) is 58.8 cm³/mol. The molecular weight excluding hydrogens is 190 g/mol. The fourth-order valence-corrected chi connectivity index (χ4v) is 1.96. The number of nitrogens with zero attached hydrogens (tertiary/aromatic N) is 2. The molecule has 0 saturated carbocycles. The first kappa shape index (κ1) is 10.2. The van der Waals surface area contributed by atoms with E-state index in [2.05, 4.69) is 12.2 Å². The Bertz CT molecular complexity index is 358. The van der Waals surface area contributed by atoms with E-state index in [1.54, 1.807) is 0 Å². The summed E-state index contributed by atoms with van der Waals surface area (Å²) in [7, 11) is 1.90. The first-order valence-electron chi connectivity index (χ1n) is 5.32. The van der Waals surface area contributed by atoms with Gasteiger partial charge in [0, 0.05) is 38.9 Å². The van der Waals surface area contributed by atoms with Crippen molar-refractivity contribution < 1.29 is 4.79 Å². The SMILES string of the molecule is CC1CN(C(=O)c2cccn2C)CCN1. The molecule has 1 aromatic rings. The Hall–Kier alpha value is -1.29. The van der Waals surface area contributed by atoms with Crippen LogP contribution in [0, 0.1) is 0 Å². The molecule has 0 aromatic carbocycles. The second-order valence-electron chi connectivity index (χ2n) is 4.11. The lowest BCUT2D eigenvalue weighted by Crippen LogP contribution is -2.51. The summed E-state index contributed by atoms with van der Waals surface area (Å²) in [6.45, 7) is 4.58. The van der Waals surface area contributed by atoms with Crippen LogP contribution in [-0.4, -0.2) is 41.1 Å². The number of carbonyl (C=O) groups excluding carboxylic acids is 1. The number of amides is 1. The molecule has 1 aliphatic heterocycles. The highest BCUT2D eigenvalue weighted by Gasteiger charge is 2.22. The largest absolute Gasteiger partial charge is 0.347 e. The van der Waals surface area contributed by atoms with Gasteiger partial charge in [0.25, 0.3) is 5.91 Å². The Balaban J connectivity index is 2.11. The van der Waals surface area contributed by atoms with Gasteiger partial charge in [-0.2, -0.15) is 0 Å². The number of aryl methyl sites for hydroxylation is 1. The summed E-state index contributed by atoms with van der Waals surface area (Å²) in [6.07, 6.45) is 1.90. The molecule has 0 aliphatic carbocycles. The highest BCUT2D eigenvalue weighted by atomic mass is 16.2. The lowest BCUT2D eigenvalue weighted by Gasteiger charge is -2.31. The monoisotopic (exact) mass is 207 g/mol. The van der Waals surface area contributed by atoms with Crippen molar-refractivity contribution in [3.63, 3.8) is 0 Å². The van der Waals surface area contributed by atoms with Crippen LogP contribution in [0.1, 0.15) is 17.4 Å². The summed E-state index contributed by atoms with van der Waals surface area (Å²) >= 11 is 0. The van der Waals surface area contributed by atoms with Gasteiger partial charge < -0.3 is 14.8 Å². The molecule has 1 atom stereocenters. The third-order valence-electron chi connectivity index (χ3n) is 2.82. The number of hydrogen-bond donors (Lipinski definition) is 1. The lowest BCUT2D eigenvalue weighted by atomic mass is 10.2. The molecule has 0 bridgehead atoms. The zero-order chi connectivity index (χ0) is 10.8. The van der Waals surface area contributed by atoms with Crippen LogP contribution in [0.5, 0.6) is 0 Å². The number of piperazine rings is 1. The van der Waals surface area contributed by atoms with E-state index in [-0.39, 0.29) is 5.91 Å². The average molecular weight is 207 g/mol. The van der Waals surface area contributed by atoms with Crippen molar-refractivity contribution >= 4 is 5.91 Å². The molecule has 1 unspecified atom stereocenters. The molecule has 1 aromatic heterocycles. The second kappa shape index (κ2) is 4.06. The van der Waals surface area contributed by atoms with Crippen LogP contribution in [0.3, 0.4) is 0 Å². The molecule has 1 N–H and O–H groups in total. The minimum atomic E-state index is 0.135. The van der Waals surface area contributed by atoms with Gasteiger partial charge >= 0.3 is 0 Å². The first-order chi connectivity index (χ1) is 7.18. The Morgan fingerprint density at radius 3 is 3.00 bits per heavy atom. The molecule has 0 spiro atoms. The maximum absolute atomic E-state index is 12.1. The number of carbonyl (C=O) groups is 1. The van der Waals surface area contributed by atoms with Crippen molar-refractivity contribution in [3.8, 4) is 0 Å². The fourth-order valence-electron chi connectivity index (χ4n) is 1.96. The molecule has 2 heterocycles. The predicted octanol–water partition coefficient (Wildman–Crippen LogP) is 0.459. The summed E-state index contributed by atoms with van der Waals surface area (Å²) in [4.78, 5) is 14.0. The summed E-state index contributed by atoms with van der Waals surface area (Å²) in [5, 5.41) is 3.33. The van der Waals surface area contributed by atoms with Crippen LogP contribution in [0.4, 0.5) is 0 Å². The number of nitrogens with one attached hydrogen (secondary N) is 1. The minimum absolute atomic E-state index is 0.135. The molecule has 15 heavy (non-hydrogen) atoms. The maximum Gasteiger partial charge on any atom is 0.270 e. The average Bonchev–Trinajstić information content (AvgIpc) is 2.63. The third-order valence-corrected chi connectivity index (χ3v) is 2.82. The van der Waals surface area contributed by atoms with Crippen LogP contribution >= 0.6 is 0 Å². The van der Waals surface area contributed by atoms with E-state index in [1.807, 2.05) is 34.8 Å².